The SMILES string of the molecule is O=S(=O)(NC1CCOCC1)c1ccccc1Nc1ncc(Cl)c(OC2CCCC2O)n1. The average molecular weight is 469 g/mol. The van der Waals surface area contributed by atoms with E-state index in [0.29, 0.717) is 44.6 Å². The van der Waals surface area contributed by atoms with Gasteiger partial charge in [0.25, 0.3) is 0 Å². The van der Waals surface area contributed by atoms with Crippen molar-refractivity contribution in [2.75, 3.05) is 18.5 Å². The number of para-hydroxylation sites is 1. The first-order chi connectivity index (χ1) is 14.9. The second-order valence-electron chi connectivity index (χ2n) is 7.63. The van der Waals surface area contributed by atoms with Crippen LogP contribution >= 0.6 is 11.6 Å². The number of aliphatic hydroxyl groups excluding tert-OH is 1. The number of benzene rings is 1. The van der Waals surface area contributed by atoms with Gasteiger partial charge in [0.2, 0.25) is 21.9 Å². The third kappa shape index (κ3) is 5.45. The first-order valence-electron chi connectivity index (χ1n) is 10.3. The molecular formula is C20H25ClN4O5S. The molecule has 11 heteroatoms. The highest BCUT2D eigenvalue weighted by atomic mass is 35.5. The Morgan fingerprint density at radius 1 is 1.16 bits per heavy atom. The van der Waals surface area contributed by atoms with Crippen molar-refractivity contribution in [2.24, 2.45) is 0 Å². The lowest BCUT2D eigenvalue weighted by molar-refractivity contribution is 0.0575. The highest BCUT2D eigenvalue weighted by Crippen LogP contribution is 2.30. The van der Waals surface area contributed by atoms with Gasteiger partial charge < -0.3 is 19.9 Å². The molecule has 2 fully saturated rings. The molecule has 2 atom stereocenters. The summed E-state index contributed by atoms with van der Waals surface area (Å²) in [5, 5.41) is 13.2. The minimum Gasteiger partial charge on any atom is -0.470 e. The van der Waals surface area contributed by atoms with Crippen LogP contribution in [0.5, 0.6) is 5.88 Å². The largest absolute Gasteiger partial charge is 0.470 e. The van der Waals surface area contributed by atoms with Gasteiger partial charge in [0.05, 0.1) is 18.0 Å². The van der Waals surface area contributed by atoms with Crippen LogP contribution in [-0.2, 0) is 14.8 Å². The van der Waals surface area contributed by atoms with E-state index in [4.69, 9.17) is 21.1 Å². The number of anilines is 2. The molecule has 2 unspecified atom stereocenters. The van der Waals surface area contributed by atoms with Gasteiger partial charge in [0, 0.05) is 19.3 Å². The summed E-state index contributed by atoms with van der Waals surface area (Å²) in [6, 6.07) is 6.36. The number of ether oxygens (including phenoxy) is 2. The Morgan fingerprint density at radius 2 is 1.94 bits per heavy atom. The van der Waals surface area contributed by atoms with E-state index in [0.717, 1.165) is 6.42 Å². The molecule has 1 aromatic heterocycles. The van der Waals surface area contributed by atoms with Gasteiger partial charge in [-0.1, -0.05) is 23.7 Å². The quantitative estimate of drug-likeness (QED) is 0.566. The van der Waals surface area contributed by atoms with Crippen molar-refractivity contribution in [1.29, 1.82) is 0 Å². The zero-order valence-corrected chi connectivity index (χ0v) is 18.4. The Morgan fingerprint density at radius 3 is 2.68 bits per heavy atom. The maximum atomic E-state index is 13.0. The van der Waals surface area contributed by atoms with E-state index < -0.39 is 16.1 Å². The zero-order chi connectivity index (χ0) is 21.8. The van der Waals surface area contributed by atoms with Crippen LogP contribution in [-0.4, -0.2) is 55.0 Å². The summed E-state index contributed by atoms with van der Waals surface area (Å²) in [5.74, 6) is 0.284. The molecule has 2 aromatic rings. The Labute approximate surface area is 186 Å². The van der Waals surface area contributed by atoms with E-state index in [1.807, 2.05) is 0 Å². The highest BCUT2D eigenvalue weighted by Gasteiger charge is 2.28. The van der Waals surface area contributed by atoms with Crippen LogP contribution in [0.2, 0.25) is 5.02 Å². The van der Waals surface area contributed by atoms with Crippen LogP contribution in [0.4, 0.5) is 11.6 Å². The molecule has 3 N–H and O–H groups in total. The lowest BCUT2D eigenvalue weighted by Crippen LogP contribution is -2.39. The molecule has 0 bridgehead atoms. The summed E-state index contributed by atoms with van der Waals surface area (Å²) in [4.78, 5) is 8.51. The Kier molecular flexibility index (Phi) is 6.92. The molecule has 0 radical (unpaired) electrons. The number of halogens is 1. The molecule has 4 rings (SSSR count). The Balaban J connectivity index is 1.54. The van der Waals surface area contributed by atoms with Gasteiger partial charge in [0.1, 0.15) is 16.0 Å². The second kappa shape index (κ2) is 9.66. The van der Waals surface area contributed by atoms with E-state index in [1.165, 1.54) is 12.3 Å². The number of hydrogen-bond acceptors (Lipinski definition) is 8. The number of rotatable bonds is 7. The minimum atomic E-state index is -3.77. The fraction of sp³-hybridized carbons (Fsp3) is 0.500. The molecule has 2 aliphatic rings. The summed E-state index contributed by atoms with van der Waals surface area (Å²) in [6.07, 6.45) is 3.94. The summed E-state index contributed by atoms with van der Waals surface area (Å²) in [5.41, 5.74) is 0.330. The normalized spacial score (nSPS) is 22.4. The van der Waals surface area contributed by atoms with Crippen LogP contribution in [0.25, 0.3) is 0 Å². The molecule has 9 nitrogen and oxygen atoms in total. The van der Waals surface area contributed by atoms with Gasteiger partial charge in [-0.3, -0.25) is 0 Å². The van der Waals surface area contributed by atoms with Crippen molar-refractivity contribution in [3.8, 4) is 5.88 Å². The van der Waals surface area contributed by atoms with Crippen molar-refractivity contribution in [2.45, 2.75) is 55.2 Å². The number of aromatic nitrogens is 2. The van der Waals surface area contributed by atoms with Crippen molar-refractivity contribution >= 4 is 33.3 Å². The minimum absolute atomic E-state index is 0.0914. The number of nitrogens with zero attached hydrogens (tertiary/aromatic N) is 2. The number of aliphatic hydroxyl groups is 1. The van der Waals surface area contributed by atoms with Gasteiger partial charge in [-0.2, -0.15) is 4.98 Å². The third-order valence-corrected chi connectivity index (χ3v) is 7.20. The maximum Gasteiger partial charge on any atom is 0.242 e. The topological polar surface area (TPSA) is 123 Å². The van der Waals surface area contributed by atoms with Gasteiger partial charge in [-0.15, -0.1) is 0 Å². The van der Waals surface area contributed by atoms with E-state index in [1.54, 1.807) is 18.2 Å². The van der Waals surface area contributed by atoms with E-state index >= 15 is 0 Å². The van der Waals surface area contributed by atoms with E-state index in [-0.39, 0.29) is 33.9 Å². The molecule has 1 aromatic carbocycles. The maximum absolute atomic E-state index is 13.0. The van der Waals surface area contributed by atoms with Gasteiger partial charge in [0.15, 0.2) is 0 Å². The zero-order valence-electron chi connectivity index (χ0n) is 16.8. The van der Waals surface area contributed by atoms with Crippen molar-refractivity contribution in [3.05, 3.63) is 35.5 Å². The van der Waals surface area contributed by atoms with Crippen LogP contribution in [0, 0.1) is 0 Å². The second-order valence-corrected chi connectivity index (χ2v) is 9.72. The van der Waals surface area contributed by atoms with Crippen LogP contribution in [0.3, 0.4) is 0 Å². The number of hydrogen-bond donors (Lipinski definition) is 3. The number of nitrogens with one attached hydrogen (secondary N) is 2. The predicted molar refractivity (Wildman–Crippen MR) is 115 cm³/mol. The summed E-state index contributed by atoms with van der Waals surface area (Å²) in [6.45, 7) is 1.06. The first-order valence-corrected chi connectivity index (χ1v) is 12.1. The first kappa shape index (κ1) is 22.2. The lowest BCUT2D eigenvalue weighted by Gasteiger charge is -2.23. The smallest absolute Gasteiger partial charge is 0.242 e. The van der Waals surface area contributed by atoms with Crippen molar-refractivity contribution < 1.29 is 23.0 Å². The van der Waals surface area contributed by atoms with Crippen LogP contribution in [0.15, 0.2) is 35.4 Å². The fourth-order valence-corrected chi connectivity index (χ4v) is 5.31. The Hall–Kier alpha value is -1.98. The molecule has 2 heterocycles. The molecule has 168 valence electrons. The molecular weight excluding hydrogens is 444 g/mol. The summed E-state index contributed by atoms with van der Waals surface area (Å²) < 4.78 is 39.8. The molecule has 31 heavy (non-hydrogen) atoms. The summed E-state index contributed by atoms with van der Waals surface area (Å²) in [7, 11) is -3.77. The van der Waals surface area contributed by atoms with Gasteiger partial charge in [-0.25, -0.2) is 18.1 Å². The van der Waals surface area contributed by atoms with Gasteiger partial charge in [-0.05, 0) is 44.2 Å². The fourth-order valence-electron chi connectivity index (χ4n) is 3.70. The lowest BCUT2D eigenvalue weighted by atomic mass is 10.1. The van der Waals surface area contributed by atoms with Crippen LogP contribution in [0.1, 0.15) is 32.1 Å². The number of sulfonamides is 1. The molecule has 1 saturated carbocycles. The standard InChI is InChI=1S/C20H25ClN4O5S/c21-14-12-22-20(24-19(14)30-17-6-3-5-16(17)26)23-15-4-1-2-7-18(15)31(27,28)25-13-8-10-29-11-9-13/h1-2,4,7,12-13,16-17,25-26H,3,5-6,8-11H2,(H,22,23,24). The third-order valence-electron chi connectivity index (χ3n) is 5.36. The van der Waals surface area contributed by atoms with E-state index in [9.17, 15) is 13.5 Å². The van der Waals surface area contributed by atoms with E-state index in [2.05, 4.69) is 20.0 Å². The molecule has 0 amide bonds. The van der Waals surface area contributed by atoms with Gasteiger partial charge >= 0.3 is 0 Å². The van der Waals surface area contributed by atoms with Crippen LogP contribution < -0.4 is 14.8 Å². The Bertz CT molecular complexity index is 1020. The molecule has 1 aliphatic carbocycles. The molecule has 1 saturated heterocycles. The average Bonchev–Trinajstić information content (AvgIpc) is 3.16. The molecule has 1 aliphatic heterocycles. The molecule has 0 spiro atoms. The summed E-state index contributed by atoms with van der Waals surface area (Å²) >= 11 is 6.16. The highest BCUT2D eigenvalue weighted by molar-refractivity contribution is 7.89. The van der Waals surface area contributed by atoms with Crippen molar-refractivity contribution in [3.63, 3.8) is 0 Å². The predicted octanol–water partition coefficient (Wildman–Crippen LogP) is 2.62. The monoisotopic (exact) mass is 468 g/mol. The van der Waals surface area contributed by atoms with Crippen molar-refractivity contribution in [1.82, 2.24) is 14.7 Å².